The molecule has 1 aromatic rings. The van der Waals surface area contributed by atoms with Gasteiger partial charge in [0.05, 0.1) is 34.9 Å². The van der Waals surface area contributed by atoms with Gasteiger partial charge in [-0.25, -0.2) is 18.0 Å². The normalized spacial score (nSPS) is 20.0. The van der Waals surface area contributed by atoms with Crippen molar-refractivity contribution >= 4 is 29.2 Å². The van der Waals surface area contributed by atoms with Crippen LogP contribution in [0.15, 0.2) is 29.6 Å². The summed E-state index contributed by atoms with van der Waals surface area (Å²) in [5.74, 6) is -4.60. The molecule has 0 saturated heterocycles. The van der Waals surface area contributed by atoms with Gasteiger partial charge >= 0.3 is 6.09 Å². The van der Waals surface area contributed by atoms with Gasteiger partial charge in [-0.15, -0.1) is 0 Å². The fourth-order valence-corrected chi connectivity index (χ4v) is 4.48. The van der Waals surface area contributed by atoms with E-state index in [0.29, 0.717) is 0 Å². The predicted octanol–water partition coefficient (Wildman–Crippen LogP) is 4.87. The van der Waals surface area contributed by atoms with Crippen molar-refractivity contribution < 1.29 is 27.5 Å². The summed E-state index contributed by atoms with van der Waals surface area (Å²) in [6, 6.07) is 0. The number of ether oxygens (including phenoxy) is 1. The van der Waals surface area contributed by atoms with E-state index in [4.69, 9.17) is 22.1 Å². The van der Waals surface area contributed by atoms with Crippen molar-refractivity contribution in [3.63, 3.8) is 0 Å². The number of fused-ring (bicyclic) bond motifs is 2. The second-order valence-corrected chi connectivity index (χ2v) is 9.85. The molecule has 2 heterocycles. The fraction of sp³-hybridized carbons (Fsp3) is 0.500. The summed E-state index contributed by atoms with van der Waals surface area (Å²) < 4.78 is 48.6. The lowest BCUT2D eigenvalue weighted by Crippen LogP contribution is -2.63. The van der Waals surface area contributed by atoms with Crippen LogP contribution in [0.1, 0.15) is 62.3 Å². The molecule has 7 nitrogen and oxygen atoms in total. The minimum absolute atomic E-state index is 0.0462. The molecule has 2 N–H and O–H groups in total. The van der Waals surface area contributed by atoms with Crippen LogP contribution in [0.5, 0.6) is 0 Å². The first-order valence-electron chi connectivity index (χ1n) is 10.2. The van der Waals surface area contributed by atoms with E-state index in [1.165, 1.54) is 22.6 Å². The molecule has 2 aliphatic rings. The molecule has 33 heavy (non-hydrogen) atoms. The van der Waals surface area contributed by atoms with Crippen LogP contribution in [0.4, 0.5) is 18.0 Å². The first kappa shape index (κ1) is 24.9. The average molecular weight is 487 g/mol. The molecule has 2 amide bonds. The van der Waals surface area contributed by atoms with Crippen molar-refractivity contribution in [2.24, 2.45) is 5.73 Å². The fourth-order valence-electron chi connectivity index (χ4n) is 4.24. The monoisotopic (exact) mass is 486 g/mol. The SMILES string of the molecule is C=CC(F)=C(Cl)C=C(C)c1nn2c(c1C(N)=O)CN(C(=O)OC(C)(C)C)CC21CC(F)(F)C1. The van der Waals surface area contributed by atoms with Gasteiger partial charge in [0.25, 0.3) is 11.8 Å². The van der Waals surface area contributed by atoms with Crippen LogP contribution in [0.2, 0.25) is 0 Å². The zero-order chi connectivity index (χ0) is 24.9. The molecule has 0 radical (unpaired) electrons. The highest BCUT2D eigenvalue weighted by Gasteiger charge is 2.62. The van der Waals surface area contributed by atoms with Crippen molar-refractivity contribution in [3.8, 4) is 0 Å². The van der Waals surface area contributed by atoms with Gasteiger partial charge in [0.15, 0.2) is 0 Å². The zero-order valence-corrected chi connectivity index (χ0v) is 19.6. The van der Waals surface area contributed by atoms with Crippen LogP contribution < -0.4 is 5.73 Å². The number of amides is 2. The van der Waals surface area contributed by atoms with Crippen molar-refractivity contribution in [3.05, 3.63) is 46.5 Å². The first-order valence-corrected chi connectivity index (χ1v) is 10.6. The van der Waals surface area contributed by atoms with Gasteiger partial charge in [0.1, 0.15) is 17.1 Å². The van der Waals surface area contributed by atoms with Gasteiger partial charge in [-0.3, -0.25) is 14.4 Å². The van der Waals surface area contributed by atoms with Crippen molar-refractivity contribution in [2.75, 3.05) is 6.54 Å². The van der Waals surface area contributed by atoms with Crippen LogP contribution in [-0.4, -0.2) is 44.7 Å². The van der Waals surface area contributed by atoms with Gasteiger partial charge in [-0.1, -0.05) is 18.2 Å². The summed E-state index contributed by atoms with van der Waals surface area (Å²) in [4.78, 5) is 26.5. The minimum Gasteiger partial charge on any atom is -0.444 e. The molecule has 1 spiro atoms. The van der Waals surface area contributed by atoms with Crippen LogP contribution in [0.25, 0.3) is 5.57 Å². The summed E-state index contributed by atoms with van der Waals surface area (Å²) in [6.45, 7) is 9.71. The second-order valence-electron chi connectivity index (χ2n) is 9.44. The number of alkyl halides is 2. The number of aromatic nitrogens is 2. The molecule has 0 aromatic carbocycles. The molecular weight excluding hydrogens is 461 g/mol. The first-order chi connectivity index (χ1) is 15.1. The summed E-state index contributed by atoms with van der Waals surface area (Å²) >= 11 is 5.93. The number of nitrogens with two attached hydrogens (primary N) is 1. The van der Waals surface area contributed by atoms with Gasteiger partial charge < -0.3 is 10.5 Å². The Morgan fingerprint density at radius 3 is 2.39 bits per heavy atom. The van der Waals surface area contributed by atoms with Gasteiger partial charge in [0, 0.05) is 12.8 Å². The van der Waals surface area contributed by atoms with Crippen molar-refractivity contribution in [1.82, 2.24) is 14.7 Å². The third kappa shape index (κ3) is 4.80. The van der Waals surface area contributed by atoms with E-state index in [1.807, 2.05) is 0 Å². The molecule has 0 unspecified atom stereocenters. The van der Waals surface area contributed by atoms with Crippen LogP contribution in [0, 0.1) is 0 Å². The number of primary amides is 1. The zero-order valence-electron chi connectivity index (χ0n) is 18.8. The van der Waals surface area contributed by atoms with E-state index in [2.05, 4.69) is 11.7 Å². The molecule has 0 bridgehead atoms. The second kappa shape index (κ2) is 8.23. The molecule has 0 atom stereocenters. The van der Waals surface area contributed by atoms with E-state index in [0.717, 1.165) is 6.08 Å². The van der Waals surface area contributed by atoms with E-state index < -0.39 is 47.7 Å². The topological polar surface area (TPSA) is 90.5 Å². The molecular formula is C22H26ClF3N4O3. The van der Waals surface area contributed by atoms with E-state index in [-0.39, 0.29) is 40.6 Å². The highest BCUT2D eigenvalue weighted by Crippen LogP contribution is 2.53. The number of hydrogen-bond donors (Lipinski definition) is 1. The smallest absolute Gasteiger partial charge is 0.410 e. The van der Waals surface area contributed by atoms with E-state index in [9.17, 15) is 22.8 Å². The van der Waals surface area contributed by atoms with Gasteiger partial charge in [0.2, 0.25) is 0 Å². The largest absolute Gasteiger partial charge is 0.444 e. The average Bonchev–Trinajstić information content (AvgIpc) is 3.04. The highest BCUT2D eigenvalue weighted by atomic mass is 35.5. The summed E-state index contributed by atoms with van der Waals surface area (Å²) in [7, 11) is 0. The van der Waals surface area contributed by atoms with Gasteiger partial charge in [-0.2, -0.15) is 5.10 Å². The lowest BCUT2D eigenvalue weighted by molar-refractivity contribution is -0.170. The van der Waals surface area contributed by atoms with Crippen LogP contribution >= 0.6 is 11.6 Å². The van der Waals surface area contributed by atoms with Crippen molar-refractivity contribution in [1.29, 1.82) is 0 Å². The van der Waals surface area contributed by atoms with E-state index >= 15 is 0 Å². The Labute approximate surface area is 194 Å². The van der Waals surface area contributed by atoms with E-state index in [1.54, 1.807) is 20.8 Å². The number of hydrogen-bond acceptors (Lipinski definition) is 4. The minimum atomic E-state index is -2.95. The maximum atomic E-state index is 14.0. The van der Waals surface area contributed by atoms with Crippen molar-refractivity contribution in [2.45, 2.75) is 64.1 Å². The maximum Gasteiger partial charge on any atom is 0.410 e. The number of halogens is 4. The molecule has 11 heteroatoms. The number of carbonyl (C=O) groups is 2. The third-order valence-corrected chi connectivity index (χ3v) is 5.74. The Kier molecular flexibility index (Phi) is 6.21. The molecule has 1 fully saturated rings. The molecule has 1 aromatic heterocycles. The molecule has 1 saturated carbocycles. The molecule has 180 valence electrons. The molecule has 3 rings (SSSR count). The lowest BCUT2D eigenvalue weighted by atomic mass is 9.72. The number of nitrogens with zero attached hydrogens (tertiary/aromatic N) is 3. The highest BCUT2D eigenvalue weighted by molar-refractivity contribution is 6.32. The van der Waals surface area contributed by atoms with Crippen LogP contribution in [-0.2, 0) is 16.8 Å². The Morgan fingerprint density at radius 1 is 1.30 bits per heavy atom. The summed E-state index contributed by atoms with van der Waals surface area (Å²) in [5.41, 5.74) is 4.12. The number of carbonyl (C=O) groups excluding carboxylic acids is 2. The Balaban J connectivity index is 2.15. The standard InChI is InChI=1S/C22H26ClF3N4O3/c1-6-14(24)13(23)7-12(2)17-16(18(27)31)15-8-29(19(32)33-20(3,4)5)11-21(30(15)28-17)9-22(25,26)10-21/h6-7H,1,8-11H2,2-5H3,(H2,27,31). The molecule has 1 aliphatic heterocycles. The number of allylic oxidation sites excluding steroid dienone is 5. The lowest BCUT2D eigenvalue weighted by Gasteiger charge is -2.52. The summed E-state index contributed by atoms with van der Waals surface area (Å²) in [5, 5.41) is 4.15. The Bertz CT molecular complexity index is 1080. The maximum absolute atomic E-state index is 14.0. The predicted molar refractivity (Wildman–Crippen MR) is 117 cm³/mol. The Hall–Kier alpha value is -2.75. The third-order valence-electron chi connectivity index (χ3n) is 5.45. The quantitative estimate of drug-likeness (QED) is 0.615. The molecule has 1 aliphatic carbocycles. The van der Waals surface area contributed by atoms with Gasteiger partial charge in [-0.05, 0) is 45.4 Å². The summed E-state index contributed by atoms with van der Waals surface area (Å²) in [6.07, 6.45) is 0.323. The Morgan fingerprint density at radius 2 is 1.91 bits per heavy atom. The van der Waals surface area contributed by atoms with Crippen LogP contribution in [0.3, 0.4) is 0 Å². The number of rotatable bonds is 4.